The van der Waals surface area contributed by atoms with Crippen LogP contribution in [-0.2, 0) is 11.2 Å². The number of aromatic nitrogens is 1. The van der Waals surface area contributed by atoms with E-state index in [4.69, 9.17) is 9.26 Å². The molecule has 1 aromatic heterocycles. The number of nitrogens with zero attached hydrogens (tertiary/aromatic N) is 3. The van der Waals surface area contributed by atoms with Gasteiger partial charge < -0.3 is 14.2 Å². The third kappa shape index (κ3) is 3.59. The molecule has 1 aliphatic rings. The molecule has 2 aromatic rings. The summed E-state index contributed by atoms with van der Waals surface area (Å²) in [4.78, 5) is 16.8. The molecular formula is C18H23N3O3. The van der Waals surface area contributed by atoms with Crippen LogP contribution in [0.2, 0.25) is 0 Å². The Morgan fingerprint density at radius 2 is 2.21 bits per heavy atom. The van der Waals surface area contributed by atoms with Crippen molar-refractivity contribution in [3.05, 3.63) is 47.3 Å². The fraction of sp³-hybridized carbons (Fsp3) is 0.444. The summed E-state index contributed by atoms with van der Waals surface area (Å²) in [5, 5.41) is 3.92. The zero-order valence-corrected chi connectivity index (χ0v) is 14.4. The van der Waals surface area contributed by atoms with Crippen molar-refractivity contribution in [1.29, 1.82) is 0 Å². The van der Waals surface area contributed by atoms with Gasteiger partial charge in [-0.3, -0.25) is 9.69 Å². The van der Waals surface area contributed by atoms with Gasteiger partial charge >= 0.3 is 0 Å². The first-order valence-corrected chi connectivity index (χ1v) is 8.11. The lowest BCUT2D eigenvalue weighted by molar-refractivity contribution is -0.133. The lowest BCUT2D eigenvalue weighted by atomic mass is 10.0. The number of aryl methyl sites for hydroxylation is 1. The summed E-state index contributed by atoms with van der Waals surface area (Å²) in [6.07, 6.45) is 0.284. The predicted molar refractivity (Wildman–Crippen MR) is 89.9 cm³/mol. The molecular weight excluding hydrogens is 306 g/mol. The lowest BCUT2D eigenvalue weighted by Crippen LogP contribution is -2.49. The minimum atomic E-state index is 0.0873. The molecule has 24 heavy (non-hydrogen) atoms. The molecule has 1 aromatic carbocycles. The average molecular weight is 329 g/mol. The highest BCUT2D eigenvalue weighted by atomic mass is 16.5. The largest absolute Gasteiger partial charge is 0.497 e. The molecule has 0 spiro atoms. The fourth-order valence-corrected chi connectivity index (χ4v) is 3.08. The van der Waals surface area contributed by atoms with E-state index in [-0.39, 0.29) is 18.4 Å². The van der Waals surface area contributed by atoms with Gasteiger partial charge in [-0.1, -0.05) is 17.3 Å². The zero-order chi connectivity index (χ0) is 17.1. The molecule has 0 radical (unpaired) electrons. The minimum Gasteiger partial charge on any atom is -0.497 e. The highest BCUT2D eigenvalue weighted by Crippen LogP contribution is 2.27. The van der Waals surface area contributed by atoms with Gasteiger partial charge in [-0.05, 0) is 31.7 Å². The third-order valence-electron chi connectivity index (χ3n) is 4.49. The molecule has 1 fully saturated rings. The number of likely N-dealkylation sites (N-methyl/N-ethyl adjacent to an activating group) is 1. The molecule has 1 unspecified atom stereocenters. The number of hydrogen-bond donors (Lipinski definition) is 0. The topological polar surface area (TPSA) is 58.8 Å². The van der Waals surface area contributed by atoms with Crippen molar-refractivity contribution in [2.24, 2.45) is 0 Å². The van der Waals surface area contributed by atoms with Crippen molar-refractivity contribution in [3.8, 4) is 5.75 Å². The molecule has 2 heterocycles. The Morgan fingerprint density at radius 1 is 1.38 bits per heavy atom. The van der Waals surface area contributed by atoms with Crippen molar-refractivity contribution < 1.29 is 14.1 Å². The van der Waals surface area contributed by atoms with Gasteiger partial charge in [0.05, 0.1) is 25.3 Å². The second-order valence-corrected chi connectivity index (χ2v) is 6.22. The van der Waals surface area contributed by atoms with E-state index in [0.717, 1.165) is 30.2 Å². The summed E-state index contributed by atoms with van der Waals surface area (Å²) in [6, 6.07) is 10.0. The Morgan fingerprint density at radius 3 is 2.92 bits per heavy atom. The highest BCUT2D eigenvalue weighted by Gasteiger charge is 2.29. The molecule has 1 saturated heterocycles. The second kappa shape index (κ2) is 7.05. The van der Waals surface area contributed by atoms with E-state index in [9.17, 15) is 4.79 Å². The van der Waals surface area contributed by atoms with Crippen LogP contribution in [0.25, 0.3) is 0 Å². The molecule has 3 rings (SSSR count). The maximum atomic E-state index is 12.6. The summed E-state index contributed by atoms with van der Waals surface area (Å²) in [6.45, 7) is 4.06. The standard InChI is InChI=1S/C18H23N3O3/c1-13-9-15(19-24-13)11-18(22)21-8-7-20(2)17(12-21)14-5-4-6-16(10-14)23-3/h4-6,9-10,17H,7-8,11-12H2,1-3H3. The van der Waals surface area contributed by atoms with Gasteiger partial charge in [-0.25, -0.2) is 0 Å². The van der Waals surface area contributed by atoms with Crippen molar-refractivity contribution in [2.75, 3.05) is 33.8 Å². The lowest BCUT2D eigenvalue weighted by Gasteiger charge is -2.39. The number of benzene rings is 1. The number of carbonyl (C=O) groups is 1. The number of carbonyl (C=O) groups excluding carboxylic acids is 1. The summed E-state index contributed by atoms with van der Waals surface area (Å²) >= 11 is 0. The van der Waals surface area contributed by atoms with Gasteiger partial charge in [0.25, 0.3) is 0 Å². The Hall–Kier alpha value is -2.34. The number of amides is 1. The first-order chi connectivity index (χ1) is 11.6. The molecule has 1 amide bonds. The SMILES string of the molecule is COc1cccc(C2CN(C(=O)Cc3cc(C)on3)CCN2C)c1. The van der Waals surface area contributed by atoms with Crippen molar-refractivity contribution in [3.63, 3.8) is 0 Å². The van der Waals surface area contributed by atoms with Crippen LogP contribution in [0.15, 0.2) is 34.9 Å². The minimum absolute atomic E-state index is 0.0873. The van der Waals surface area contributed by atoms with E-state index in [2.05, 4.69) is 23.2 Å². The van der Waals surface area contributed by atoms with Crippen LogP contribution >= 0.6 is 0 Å². The van der Waals surface area contributed by atoms with Gasteiger partial charge in [-0.2, -0.15) is 0 Å². The highest BCUT2D eigenvalue weighted by molar-refractivity contribution is 5.78. The molecule has 6 heteroatoms. The van der Waals surface area contributed by atoms with Crippen LogP contribution < -0.4 is 4.74 Å². The van der Waals surface area contributed by atoms with Crippen molar-refractivity contribution in [2.45, 2.75) is 19.4 Å². The number of methoxy groups -OCH3 is 1. The van der Waals surface area contributed by atoms with Crippen molar-refractivity contribution >= 4 is 5.91 Å². The smallest absolute Gasteiger partial charge is 0.228 e. The van der Waals surface area contributed by atoms with E-state index >= 15 is 0 Å². The third-order valence-corrected chi connectivity index (χ3v) is 4.49. The number of rotatable bonds is 4. The van der Waals surface area contributed by atoms with Crippen molar-refractivity contribution in [1.82, 2.24) is 15.0 Å². The summed E-state index contributed by atoms with van der Waals surface area (Å²) in [5.74, 6) is 1.65. The Bertz CT molecular complexity index is 713. The summed E-state index contributed by atoms with van der Waals surface area (Å²) in [5.41, 5.74) is 1.85. The van der Waals surface area contributed by atoms with Crippen LogP contribution in [0.4, 0.5) is 0 Å². The Labute approximate surface area is 142 Å². The van der Waals surface area contributed by atoms with Crippen LogP contribution in [-0.4, -0.2) is 54.7 Å². The molecule has 0 bridgehead atoms. The van der Waals surface area contributed by atoms with Crippen LogP contribution in [0, 0.1) is 6.92 Å². The van der Waals surface area contributed by atoms with E-state index in [1.54, 1.807) is 7.11 Å². The van der Waals surface area contributed by atoms with E-state index in [1.165, 1.54) is 0 Å². The molecule has 0 N–H and O–H groups in total. The Kier molecular flexibility index (Phi) is 4.85. The molecule has 0 aliphatic carbocycles. The maximum absolute atomic E-state index is 12.6. The van der Waals surface area contributed by atoms with E-state index in [0.29, 0.717) is 12.2 Å². The monoisotopic (exact) mass is 329 g/mol. The van der Waals surface area contributed by atoms with Gasteiger partial charge in [-0.15, -0.1) is 0 Å². The average Bonchev–Trinajstić information content (AvgIpc) is 3.00. The van der Waals surface area contributed by atoms with Gasteiger partial charge in [0.15, 0.2) is 0 Å². The van der Waals surface area contributed by atoms with E-state index < -0.39 is 0 Å². The number of hydrogen-bond acceptors (Lipinski definition) is 5. The molecule has 0 saturated carbocycles. The quantitative estimate of drug-likeness (QED) is 0.859. The van der Waals surface area contributed by atoms with Crippen LogP contribution in [0.3, 0.4) is 0 Å². The van der Waals surface area contributed by atoms with Gasteiger partial charge in [0.1, 0.15) is 11.5 Å². The predicted octanol–water partition coefficient (Wildman–Crippen LogP) is 2.05. The van der Waals surface area contributed by atoms with E-state index in [1.807, 2.05) is 36.1 Å². The van der Waals surface area contributed by atoms with Crippen LogP contribution in [0.1, 0.15) is 23.1 Å². The number of ether oxygens (including phenoxy) is 1. The molecule has 6 nitrogen and oxygen atoms in total. The maximum Gasteiger partial charge on any atom is 0.228 e. The molecule has 1 aliphatic heterocycles. The molecule has 1 atom stereocenters. The second-order valence-electron chi connectivity index (χ2n) is 6.22. The number of piperazine rings is 1. The summed E-state index contributed by atoms with van der Waals surface area (Å²) < 4.78 is 10.4. The Balaban J connectivity index is 1.71. The summed E-state index contributed by atoms with van der Waals surface area (Å²) in [7, 11) is 3.76. The zero-order valence-electron chi connectivity index (χ0n) is 14.4. The van der Waals surface area contributed by atoms with Gasteiger partial charge in [0.2, 0.25) is 5.91 Å². The van der Waals surface area contributed by atoms with Crippen LogP contribution in [0.5, 0.6) is 5.75 Å². The molecule has 128 valence electrons. The van der Waals surface area contributed by atoms with Gasteiger partial charge in [0, 0.05) is 25.7 Å². The normalized spacial score (nSPS) is 18.6. The first-order valence-electron chi connectivity index (χ1n) is 8.11. The fourth-order valence-electron chi connectivity index (χ4n) is 3.08. The first kappa shape index (κ1) is 16.5.